The molecule has 0 radical (unpaired) electrons. The number of nitrogens with zero attached hydrogens (tertiary/aromatic N) is 1. The SMILES string of the molecule is NCc1nc(CC(=O)Nc2cc(C(F)(F)F)ccc2Cl)cs1. The second-order valence-electron chi connectivity index (χ2n) is 4.35. The Morgan fingerprint density at radius 2 is 2.14 bits per heavy atom. The maximum absolute atomic E-state index is 12.6. The fourth-order valence-corrected chi connectivity index (χ4v) is 2.52. The lowest BCUT2D eigenvalue weighted by atomic mass is 10.2. The van der Waals surface area contributed by atoms with Gasteiger partial charge in [0.05, 0.1) is 28.4 Å². The Kier molecular flexibility index (Phi) is 5.05. The van der Waals surface area contributed by atoms with Gasteiger partial charge in [0.1, 0.15) is 5.01 Å². The van der Waals surface area contributed by atoms with Gasteiger partial charge in [0.2, 0.25) is 5.91 Å². The van der Waals surface area contributed by atoms with Crippen molar-refractivity contribution in [3.8, 4) is 0 Å². The molecular weight excluding hydrogens is 339 g/mol. The molecule has 0 bridgehead atoms. The van der Waals surface area contributed by atoms with Gasteiger partial charge in [0.15, 0.2) is 0 Å². The minimum Gasteiger partial charge on any atom is -0.325 e. The molecule has 0 fully saturated rings. The number of hydrogen-bond donors (Lipinski definition) is 2. The monoisotopic (exact) mass is 349 g/mol. The number of anilines is 1. The quantitative estimate of drug-likeness (QED) is 0.888. The Labute approximate surface area is 133 Å². The molecule has 118 valence electrons. The smallest absolute Gasteiger partial charge is 0.325 e. The first-order valence-electron chi connectivity index (χ1n) is 6.09. The second-order valence-corrected chi connectivity index (χ2v) is 5.70. The Morgan fingerprint density at radius 3 is 2.73 bits per heavy atom. The van der Waals surface area contributed by atoms with Crippen LogP contribution < -0.4 is 11.1 Å². The molecule has 0 atom stereocenters. The van der Waals surface area contributed by atoms with Gasteiger partial charge in [-0.25, -0.2) is 4.98 Å². The van der Waals surface area contributed by atoms with Crippen LogP contribution in [-0.2, 0) is 23.9 Å². The highest BCUT2D eigenvalue weighted by Crippen LogP contribution is 2.33. The van der Waals surface area contributed by atoms with E-state index in [0.717, 1.165) is 18.2 Å². The zero-order valence-corrected chi connectivity index (χ0v) is 12.6. The summed E-state index contributed by atoms with van der Waals surface area (Å²) in [5, 5.41) is 4.75. The molecule has 1 amide bonds. The molecule has 0 unspecified atom stereocenters. The lowest BCUT2D eigenvalue weighted by molar-refractivity contribution is -0.137. The van der Waals surface area contributed by atoms with Gasteiger partial charge < -0.3 is 11.1 Å². The van der Waals surface area contributed by atoms with Crippen LogP contribution in [-0.4, -0.2) is 10.9 Å². The molecule has 22 heavy (non-hydrogen) atoms. The van der Waals surface area contributed by atoms with E-state index < -0.39 is 17.6 Å². The molecule has 1 heterocycles. The first-order valence-corrected chi connectivity index (χ1v) is 7.35. The molecule has 0 saturated heterocycles. The second kappa shape index (κ2) is 6.64. The van der Waals surface area contributed by atoms with Crippen LogP contribution in [0, 0.1) is 0 Å². The topological polar surface area (TPSA) is 68.0 Å². The van der Waals surface area contributed by atoms with Crippen LogP contribution >= 0.6 is 22.9 Å². The highest BCUT2D eigenvalue weighted by Gasteiger charge is 2.31. The molecule has 0 spiro atoms. The number of hydrogen-bond acceptors (Lipinski definition) is 4. The zero-order valence-electron chi connectivity index (χ0n) is 11.1. The average Bonchev–Trinajstić information content (AvgIpc) is 2.87. The minimum atomic E-state index is -4.50. The third-order valence-electron chi connectivity index (χ3n) is 2.68. The highest BCUT2D eigenvalue weighted by molar-refractivity contribution is 7.09. The number of nitrogens with two attached hydrogens (primary N) is 1. The van der Waals surface area contributed by atoms with Crippen molar-refractivity contribution in [3.05, 3.63) is 44.9 Å². The summed E-state index contributed by atoms with van der Waals surface area (Å²) in [5.41, 5.74) is 4.95. The Hall–Kier alpha value is -1.64. The summed E-state index contributed by atoms with van der Waals surface area (Å²) < 4.78 is 37.9. The van der Waals surface area contributed by atoms with E-state index in [-0.39, 0.29) is 23.7 Å². The average molecular weight is 350 g/mol. The number of amides is 1. The van der Waals surface area contributed by atoms with Gasteiger partial charge in [0, 0.05) is 11.9 Å². The number of rotatable bonds is 4. The van der Waals surface area contributed by atoms with E-state index >= 15 is 0 Å². The molecule has 2 aromatic rings. The van der Waals surface area contributed by atoms with Crippen molar-refractivity contribution in [2.75, 3.05) is 5.32 Å². The van der Waals surface area contributed by atoms with E-state index in [1.54, 1.807) is 5.38 Å². The van der Waals surface area contributed by atoms with Crippen LogP contribution in [0.1, 0.15) is 16.3 Å². The van der Waals surface area contributed by atoms with Crippen molar-refractivity contribution in [2.24, 2.45) is 5.73 Å². The number of alkyl halides is 3. The van der Waals surface area contributed by atoms with E-state index in [9.17, 15) is 18.0 Å². The van der Waals surface area contributed by atoms with Gasteiger partial charge in [-0.2, -0.15) is 13.2 Å². The standard InChI is InChI=1S/C13H11ClF3N3OS/c14-9-2-1-7(13(15,16)17)3-10(9)20-11(21)4-8-6-22-12(5-18)19-8/h1-3,6H,4-5,18H2,(H,20,21). The maximum Gasteiger partial charge on any atom is 0.416 e. The summed E-state index contributed by atoms with van der Waals surface area (Å²) in [7, 11) is 0. The van der Waals surface area contributed by atoms with E-state index in [1.807, 2.05) is 0 Å². The first-order chi connectivity index (χ1) is 10.3. The van der Waals surface area contributed by atoms with Crippen LogP contribution in [0.4, 0.5) is 18.9 Å². The van der Waals surface area contributed by atoms with Gasteiger partial charge >= 0.3 is 6.18 Å². The number of benzene rings is 1. The molecule has 9 heteroatoms. The summed E-state index contributed by atoms with van der Waals surface area (Å²) in [6.07, 6.45) is -4.57. The molecule has 2 rings (SSSR count). The summed E-state index contributed by atoms with van der Waals surface area (Å²) in [6, 6.07) is 2.74. The third kappa shape index (κ3) is 4.19. The van der Waals surface area contributed by atoms with Gasteiger partial charge in [-0.05, 0) is 18.2 Å². The molecule has 0 saturated carbocycles. The molecule has 1 aromatic carbocycles. The number of nitrogens with one attached hydrogen (secondary N) is 1. The number of carbonyl (C=O) groups is 1. The molecule has 0 aliphatic carbocycles. The van der Waals surface area contributed by atoms with E-state index in [4.69, 9.17) is 17.3 Å². The highest BCUT2D eigenvalue weighted by atomic mass is 35.5. The Balaban J connectivity index is 2.10. The first kappa shape index (κ1) is 16.7. The molecule has 3 N–H and O–H groups in total. The summed E-state index contributed by atoms with van der Waals surface area (Å²) in [5.74, 6) is -0.505. The minimum absolute atomic E-state index is 0.0299. The number of aromatic nitrogens is 1. The number of halogens is 4. The summed E-state index contributed by atoms with van der Waals surface area (Å²) >= 11 is 7.12. The van der Waals surface area contributed by atoms with Crippen LogP contribution in [0.3, 0.4) is 0 Å². The van der Waals surface area contributed by atoms with Crippen molar-refractivity contribution >= 4 is 34.5 Å². The van der Waals surface area contributed by atoms with Crippen molar-refractivity contribution < 1.29 is 18.0 Å². The molecule has 1 aromatic heterocycles. The van der Waals surface area contributed by atoms with Gasteiger partial charge in [-0.1, -0.05) is 11.6 Å². The van der Waals surface area contributed by atoms with Crippen LogP contribution in [0.15, 0.2) is 23.6 Å². The molecule has 4 nitrogen and oxygen atoms in total. The molecular formula is C13H11ClF3N3OS. The number of thiazole rings is 1. The largest absolute Gasteiger partial charge is 0.416 e. The van der Waals surface area contributed by atoms with Crippen LogP contribution in [0.5, 0.6) is 0 Å². The van der Waals surface area contributed by atoms with Gasteiger partial charge in [-0.15, -0.1) is 11.3 Å². The Morgan fingerprint density at radius 1 is 1.41 bits per heavy atom. The van der Waals surface area contributed by atoms with Crippen LogP contribution in [0.2, 0.25) is 5.02 Å². The maximum atomic E-state index is 12.6. The van der Waals surface area contributed by atoms with Crippen molar-refractivity contribution in [3.63, 3.8) is 0 Å². The van der Waals surface area contributed by atoms with E-state index in [0.29, 0.717) is 10.7 Å². The van der Waals surface area contributed by atoms with E-state index in [2.05, 4.69) is 10.3 Å². The molecule has 0 aliphatic heterocycles. The number of carbonyl (C=O) groups excluding carboxylic acids is 1. The Bertz CT molecular complexity index is 687. The predicted octanol–water partition coefficient (Wildman–Crippen LogP) is 3.46. The molecule has 0 aliphatic rings. The summed E-state index contributed by atoms with van der Waals surface area (Å²) in [6.45, 7) is 0.270. The predicted molar refractivity (Wildman–Crippen MR) is 78.8 cm³/mol. The zero-order chi connectivity index (χ0) is 16.3. The van der Waals surface area contributed by atoms with Gasteiger partial charge in [-0.3, -0.25) is 4.79 Å². The fraction of sp³-hybridized carbons (Fsp3) is 0.231. The third-order valence-corrected chi connectivity index (χ3v) is 3.93. The lowest BCUT2D eigenvalue weighted by Gasteiger charge is -2.11. The van der Waals surface area contributed by atoms with E-state index in [1.165, 1.54) is 11.3 Å². The fourth-order valence-electron chi connectivity index (χ4n) is 1.68. The lowest BCUT2D eigenvalue weighted by Crippen LogP contribution is -2.16. The van der Waals surface area contributed by atoms with Gasteiger partial charge in [0.25, 0.3) is 0 Å². The normalized spacial score (nSPS) is 11.5. The van der Waals surface area contributed by atoms with Crippen molar-refractivity contribution in [1.29, 1.82) is 0 Å². The van der Waals surface area contributed by atoms with Crippen molar-refractivity contribution in [2.45, 2.75) is 19.1 Å². The van der Waals surface area contributed by atoms with Crippen molar-refractivity contribution in [1.82, 2.24) is 4.98 Å². The van der Waals surface area contributed by atoms with Crippen LogP contribution in [0.25, 0.3) is 0 Å². The summed E-state index contributed by atoms with van der Waals surface area (Å²) in [4.78, 5) is 16.0.